The van der Waals surface area contributed by atoms with E-state index in [1.165, 1.54) is 0 Å². The number of pyridine rings is 1. The molecule has 0 unspecified atom stereocenters. The lowest BCUT2D eigenvalue weighted by molar-refractivity contribution is -0.132. The number of hydrogen-bond donors (Lipinski definition) is 1. The van der Waals surface area contributed by atoms with Crippen LogP contribution in [0.25, 0.3) is 0 Å². The zero-order valence-electron chi connectivity index (χ0n) is 16.0. The van der Waals surface area contributed by atoms with Crippen LogP contribution in [0.15, 0.2) is 54.9 Å². The van der Waals surface area contributed by atoms with Gasteiger partial charge < -0.3 is 24.4 Å². The largest absolute Gasteiger partial charge is 0.454 e. The van der Waals surface area contributed by atoms with E-state index in [1.54, 1.807) is 29.4 Å². The maximum absolute atomic E-state index is 13.4. The second-order valence-electron chi connectivity index (χ2n) is 7.94. The molecule has 6 rings (SSSR count). The normalized spacial score (nSPS) is 30.1. The molecule has 1 spiro atoms. The lowest BCUT2D eigenvalue weighted by atomic mass is 9.77. The molecule has 0 radical (unpaired) electrons. The highest BCUT2D eigenvalue weighted by Gasteiger charge is 2.67. The molecule has 1 aromatic carbocycles. The molecular weight excluding hydrogens is 386 g/mol. The number of benzene rings is 1. The number of hydrogen-bond acceptors (Lipinski definition) is 6. The molecule has 4 aliphatic rings. The predicted molar refractivity (Wildman–Crippen MR) is 105 cm³/mol. The number of anilines is 1. The maximum Gasteiger partial charge on any atom is 0.234 e. The Balaban J connectivity index is 1.25. The lowest BCUT2D eigenvalue weighted by Gasteiger charge is -2.23. The number of carbonyl (C=O) groups excluding carboxylic acids is 2. The molecule has 0 aliphatic carbocycles. The van der Waals surface area contributed by atoms with Gasteiger partial charge in [0.05, 0.1) is 24.5 Å². The third-order valence-electron chi connectivity index (χ3n) is 6.29. The van der Waals surface area contributed by atoms with E-state index in [-0.39, 0.29) is 24.7 Å². The Labute approximate surface area is 172 Å². The first kappa shape index (κ1) is 17.5. The number of amides is 2. The number of nitrogens with one attached hydrogen (secondary N) is 1. The zero-order chi connectivity index (χ0) is 20.3. The van der Waals surface area contributed by atoms with Crippen molar-refractivity contribution in [3.63, 3.8) is 0 Å². The fourth-order valence-electron chi connectivity index (χ4n) is 4.88. The van der Waals surface area contributed by atoms with Gasteiger partial charge >= 0.3 is 0 Å². The van der Waals surface area contributed by atoms with Crippen molar-refractivity contribution in [2.45, 2.75) is 18.2 Å². The van der Waals surface area contributed by atoms with Gasteiger partial charge in [0.1, 0.15) is 5.60 Å². The molecule has 1 N–H and O–H groups in total. The van der Waals surface area contributed by atoms with Crippen LogP contribution in [0.3, 0.4) is 0 Å². The first-order valence-corrected chi connectivity index (χ1v) is 9.89. The summed E-state index contributed by atoms with van der Waals surface area (Å²) in [5.74, 6) is -0.103. The molecule has 2 bridgehead atoms. The van der Waals surface area contributed by atoms with E-state index in [0.717, 1.165) is 5.56 Å². The van der Waals surface area contributed by atoms with Crippen molar-refractivity contribution in [3.8, 4) is 11.5 Å². The third-order valence-corrected chi connectivity index (χ3v) is 6.29. The summed E-state index contributed by atoms with van der Waals surface area (Å²) in [5.41, 5.74) is 0.897. The molecule has 2 saturated heterocycles. The fraction of sp³-hybridized carbons (Fsp3) is 0.318. The third kappa shape index (κ3) is 2.46. The first-order valence-electron chi connectivity index (χ1n) is 9.89. The van der Waals surface area contributed by atoms with E-state index in [2.05, 4.69) is 10.3 Å². The Morgan fingerprint density at radius 3 is 2.90 bits per heavy atom. The average molecular weight is 405 g/mol. The van der Waals surface area contributed by atoms with Crippen molar-refractivity contribution in [2.24, 2.45) is 11.8 Å². The second kappa shape index (κ2) is 6.30. The maximum atomic E-state index is 13.4. The minimum atomic E-state index is -0.767. The number of ether oxygens (including phenoxy) is 3. The number of rotatable bonds is 4. The molecule has 4 aliphatic heterocycles. The van der Waals surface area contributed by atoms with Crippen LogP contribution in [0.5, 0.6) is 11.5 Å². The van der Waals surface area contributed by atoms with E-state index in [9.17, 15) is 9.59 Å². The molecule has 2 aromatic rings. The summed E-state index contributed by atoms with van der Waals surface area (Å²) >= 11 is 0. The molecule has 8 nitrogen and oxygen atoms in total. The van der Waals surface area contributed by atoms with Gasteiger partial charge in [-0.3, -0.25) is 14.6 Å². The smallest absolute Gasteiger partial charge is 0.234 e. The Kier molecular flexibility index (Phi) is 3.67. The van der Waals surface area contributed by atoms with Crippen LogP contribution >= 0.6 is 0 Å². The van der Waals surface area contributed by atoms with Crippen molar-refractivity contribution >= 4 is 17.5 Å². The molecule has 8 heteroatoms. The summed E-state index contributed by atoms with van der Waals surface area (Å²) in [6.45, 7) is 0.928. The predicted octanol–water partition coefficient (Wildman–Crippen LogP) is 1.41. The van der Waals surface area contributed by atoms with E-state index in [4.69, 9.17) is 14.2 Å². The minimum absolute atomic E-state index is 0.107. The minimum Gasteiger partial charge on any atom is -0.454 e. The van der Waals surface area contributed by atoms with Gasteiger partial charge in [0.15, 0.2) is 11.5 Å². The van der Waals surface area contributed by atoms with Gasteiger partial charge in [-0.1, -0.05) is 12.2 Å². The van der Waals surface area contributed by atoms with Crippen molar-refractivity contribution < 1.29 is 23.8 Å². The summed E-state index contributed by atoms with van der Waals surface area (Å²) in [4.78, 5) is 32.1. The molecular formula is C22H19N3O5. The summed E-state index contributed by atoms with van der Waals surface area (Å²) in [7, 11) is 0. The molecule has 2 amide bonds. The Morgan fingerprint density at radius 1 is 1.20 bits per heavy atom. The highest BCUT2D eigenvalue weighted by atomic mass is 16.7. The van der Waals surface area contributed by atoms with Gasteiger partial charge in [0.25, 0.3) is 0 Å². The van der Waals surface area contributed by atoms with E-state index < -0.39 is 17.4 Å². The zero-order valence-corrected chi connectivity index (χ0v) is 16.0. The van der Waals surface area contributed by atoms with Crippen LogP contribution < -0.4 is 19.7 Å². The van der Waals surface area contributed by atoms with Crippen molar-refractivity contribution in [1.82, 2.24) is 10.3 Å². The van der Waals surface area contributed by atoms with E-state index >= 15 is 0 Å². The number of carbonyl (C=O) groups is 2. The van der Waals surface area contributed by atoms with Crippen LogP contribution in [0.4, 0.5) is 5.69 Å². The van der Waals surface area contributed by atoms with Gasteiger partial charge in [-0.15, -0.1) is 0 Å². The fourth-order valence-corrected chi connectivity index (χ4v) is 4.88. The highest BCUT2D eigenvalue weighted by Crippen LogP contribution is 2.53. The van der Waals surface area contributed by atoms with Crippen LogP contribution in [0, 0.1) is 11.8 Å². The number of nitrogens with zero attached hydrogens (tertiary/aromatic N) is 2. The Morgan fingerprint density at radius 2 is 2.03 bits per heavy atom. The van der Waals surface area contributed by atoms with Gasteiger partial charge in [-0.25, -0.2) is 0 Å². The van der Waals surface area contributed by atoms with Crippen LogP contribution in [0.1, 0.15) is 5.56 Å². The standard InChI is InChI=1S/C22H19N3O5/c26-20(24-10-13-4-7-23-8-5-13)18-16-3-6-22(30-16)11-25(21(27)19(18)22)14-1-2-15-17(9-14)29-12-28-15/h1-9,16,18-19H,10-12H2,(H,24,26)/t16-,18-,19+,22+/m1/s1. The van der Waals surface area contributed by atoms with E-state index in [0.29, 0.717) is 30.3 Å². The van der Waals surface area contributed by atoms with Gasteiger partial charge in [0, 0.05) is 30.7 Å². The summed E-state index contributed by atoms with van der Waals surface area (Å²) in [5, 5.41) is 2.96. The lowest BCUT2D eigenvalue weighted by Crippen LogP contribution is -2.43. The number of aromatic nitrogens is 1. The van der Waals surface area contributed by atoms with Crippen LogP contribution in [-0.2, 0) is 20.9 Å². The first-order chi connectivity index (χ1) is 14.6. The Hall–Kier alpha value is -3.39. The molecule has 0 saturated carbocycles. The van der Waals surface area contributed by atoms with Crippen LogP contribution in [-0.4, -0.2) is 41.8 Å². The van der Waals surface area contributed by atoms with Crippen molar-refractivity contribution in [2.75, 3.05) is 18.2 Å². The van der Waals surface area contributed by atoms with Crippen molar-refractivity contribution in [1.29, 1.82) is 0 Å². The average Bonchev–Trinajstić information content (AvgIpc) is 3.53. The highest BCUT2D eigenvalue weighted by molar-refractivity contribution is 6.03. The number of fused-ring (bicyclic) bond motifs is 2. The second-order valence-corrected chi connectivity index (χ2v) is 7.94. The molecule has 4 atom stereocenters. The summed E-state index contributed by atoms with van der Waals surface area (Å²) < 4.78 is 17.0. The topological polar surface area (TPSA) is 90.0 Å². The summed E-state index contributed by atoms with van der Waals surface area (Å²) in [6.07, 6.45) is 6.84. The Bertz CT molecular complexity index is 1070. The molecule has 2 fully saturated rings. The molecule has 5 heterocycles. The van der Waals surface area contributed by atoms with Gasteiger partial charge in [-0.2, -0.15) is 0 Å². The SMILES string of the molecule is O=C(NCc1ccncc1)[C@H]1[C@H]2C(=O)N(c3ccc4c(c3)OCO4)C[C@@]23C=C[C@H]1O3. The molecule has 152 valence electrons. The van der Waals surface area contributed by atoms with Crippen molar-refractivity contribution in [3.05, 3.63) is 60.4 Å². The van der Waals surface area contributed by atoms with Gasteiger partial charge in [-0.05, 0) is 29.8 Å². The summed E-state index contributed by atoms with van der Waals surface area (Å²) in [6, 6.07) is 9.12. The molecule has 1 aromatic heterocycles. The molecule has 30 heavy (non-hydrogen) atoms. The monoisotopic (exact) mass is 405 g/mol. The quantitative estimate of drug-likeness (QED) is 0.774. The van der Waals surface area contributed by atoms with Crippen LogP contribution in [0.2, 0.25) is 0 Å². The van der Waals surface area contributed by atoms with E-state index in [1.807, 2.05) is 30.4 Å². The van der Waals surface area contributed by atoms with Gasteiger partial charge in [0.2, 0.25) is 18.6 Å².